The summed E-state index contributed by atoms with van der Waals surface area (Å²) >= 11 is 0. The van der Waals surface area contributed by atoms with E-state index in [1.54, 1.807) is 30.3 Å². The van der Waals surface area contributed by atoms with E-state index in [4.69, 9.17) is 4.74 Å². The highest BCUT2D eigenvalue weighted by molar-refractivity contribution is 7.89. The van der Waals surface area contributed by atoms with Crippen LogP contribution in [0.5, 0.6) is 0 Å². The molecular weight excluding hydrogens is 346 g/mol. The quantitative estimate of drug-likeness (QED) is 0.657. The van der Waals surface area contributed by atoms with E-state index in [-0.39, 0.29) is 11.4 Å². The molecule has 0 unspecified atom stereocenters. The van der Waals surface area contributed by atoms with Gasteiger partial charge in [-0.3, -0.25) is 0 Å². The smallest absolute Gasteiger partial charge is 0.240 e. The van der Waals surface area contributed by atoms with Gasteiger partial charge in [-0.1, -0.05) is 72.8 Å². The zero-order chi connectivity index (χ0) is 18.2. The molecule has 0 bridgehead atoms. The number of ether oxygens (including phenoxy) is 1. The zero-order valence-electron chi connectivity index (χ0n) is 14.3. The van der Waals surface area contributed by atoms with E-state index in [1.165, 1.54) is 0 Å². The van der Waals surface area contributed by atoms with Gasteiger partial charge in [0.1, 0.15) is 0 Å². The molecule has 4 nitrogen and oxygen atoms in total. The third-order valence-corrected chi connectivity index (χ3v) is 5.31. The van der Waals surface area contributed by atoms with Crippen LogP contribution in [0.2, 0.25) is 0 Å². The Balaban J connectivity index is 1.56. The van der Waals surface area contributed by atoms with E-state index in [9.17, 15) is 8.42 Å². The molecule has 0 aliphatic carbocycles. The first kappa shape index (κ1) is 18.3. The van der Waals surface area contributed by atoms with Crippen molar-refractivity contribution in [2.75, 3.05) is 0 Å². The van der Waals surface area contributed by atoms with Crippen LogP contribution in [0.3, 0.4) is 0 Å². The van der Waals surface area contributed by atoms with E-state index in [2.05, 4.69) is 4.72 Å². The number of nitrogens with one attached hydrogen (secondary N) is 1. The van der Waals surface area contributed by atoms with Gasteiger partial charge in [0.15, 0.2) is 0 Å². The molecule has 0 aliphatic rings. The van der Waals surface area contributed by atoms with Gasteiger partial charge in [-0.15, -0.1) is 0 Å². The summed E-state index contributed by atoms with van der Waals surface area (Å²) in [4.78, 5) is 0.266. The first-order valence-corrected chi connectivity index (χ1v) is 9.86. The van der Waals surface area contributed by atoms with Crippen molar-refractivity contribution in [3.8, 4) is 0 Å². The van der Waals surface area contributed by atoms with Crippen molar-refractivity contribution in [3.63, 3.8) is 0 Å². The molecule has 0 amide bonds. The van der Waals surface area contributed by atoms with Crippen molar-refractivity contribution >= 4 is 10.0 Å². The van der Waals surface area contributed by atoms with Gasteiger partial charge in [-0.25, -0.2) is 13.1 Å². The van der Waals surface area contributed by atoms with Crippen molar-refractivity contribution < 1.29 is 13.2 Å². The van der Waals surface area contributed by atoms with Crippen LogP contribution in [0, 0.1) is 0 Å². The molecule has 0 aromatic heterocycles. The molecule has 0 atom stereocenters. The fourth-order valence-corrected chi connectivity index (χ4v) is 3.59. The van der Waals surface area contributed by atoms with Gasteiger partial charge in [-0.2, -0.15) is 0 Å². The van der Waals surface area contributed by atoms with E-state index < -0.39 is 10.0 Å². The molecule has 26 heavy (non-hydrogen) atoms. The Morgan fingerprint density at radius 2 is 1.27 bits per heavy atom. The predicted molar refractivity (Wildman–Crippen MR) is 102 cm³/mol. The maximum absolute atomic E-state index is 12.3. The van der Waals surface area contributed by atoms with Gasteiger partial charge in [0.2, 0.25) is 10.0 Å². The van der Waals surface area contributed by atoms with Crippen LogP contribution in [0.4, 0.5) is 0 Å². The minimum absolute atomic E-state index is 0.240. The highest BCUT2D eigenvalue weighted by Gasteiger charge is 2.12. The third-order valence-electron chi connectivity index (χ3n) is 3.89. The molecule has 3 aromatic rings. The van der Waals surface area contributed by atoms with Crippen LogP contribution in [0.1, 0.15) is 16.7 Å². The van der Waals surface area contributed by atoms with Crippen molar-refractivity contribution in [2.45, 2.75) is 24.7 Å². The molecule has 0 radical (unpaired) electrons. The first-order chi connectivity index (χ1) is 12.6. The summed E-state index contributed by atoms with van der Waals surface area (Å²) in [6.07, 6.45) is 0. The van der Waals surface area contributed by atoms with Gasteiger partial charge >= 0.3 is 0 Å². The maximum atomic E-state index is 12.3. The molecule has 0 spiro atoms. The van der Waals surface area contributed by atoms with Crippen LogP contribution in [0.15, 0.2) is 89.8 Å². The van der Waals surface area contributed by atoms with Crippen molar-refractivity contribution in [1.29, 1.82) is 0 Å². The molecule has 5 heteroatoms. The van der Waals surface area contributed by atoms with Gasteiger partial charge < -0.3 is 4.74 Å². The largest absolute Gasteiger partial charge is 0.372 e. The third kappa shape index (κ3) is 5.26. The standard InChI is InChI=1S/C21H21NO3S/c23-26(24,21-12-5-2-6-13-21)22-15-19-10-7-11-20(14-19)17-25-16-18-8-3-1-4-9-18/h1-14,22H,15-17H2. The Kier molecular flexibility index (Phi) is 6.17. The zero-order valence-corrected chi connectivity index (χ0v) is 15.2. The normalized spacial score (nSPS) is 11.4. The first-order valence-electron chi connectivity index (χ1n) is 8.38. The van der Waals surface area contributed by atoms with E-state index >= 15 is 0 Å². The second kappa shape index (κ2) is 8.76. The van der Waals surface area contributed by atoms with Crippen LogP contribution in [-0.4, -0.2) is 8.42 Å². The molecular formula is C21H21NO3S. The molecule has 0 fully saturated rings. The number of hydrogen-bond donors (Lipinski definition) is 1. The number of sulfonamides is 1. The fraction of sp³-hybridized carbons (Fsp3) is 0.143. The summed E-state index contributed by atoms with van der Waals surface area (Å²) in [7, 11) is -3.51. The molecule has 0 aliphatic heterocycles. The number of hydrogen-bond acceptors (Lipinski definition) is 3. The molecule has 0 saturated heterocycles. The molecule has 3 aromatic carbocycles. The second-order valence-corrected chi connectivity index (χ2v) is 7.70. The SMILES string of the molecule is O=S(=O)(NCc1cccc(COCc2ccccc2)c1)c1ccccc1. The number of rotatable bonds is 8. The highest BCUT2D eigenvalue weighted by Crippen LogP contribution is 2.11. The van der Waals surface area contributed by atoms with Crippen LogP contribution in [0.25, 0.3) is 0 Å². The second-order valence-electron chi connectivity index (χ2n) is 5.94. The highest BCUT2D eigenvalue weighted by atomic mass is 32.2. The Labute approximate surface area is 154 Å². The van der Waals surface area contributed by atoms with Gasteiger partial charge in [0, 0.05) is 6.54 Å². The molecule has 134 valence electrons. The van der Waals surface area contributed by atoms with Crippen LogP contribution < -0.4 is 4.72 Å². The lowest BCUT2D eigenvalue weighted by Crippen LogP contribution is -2.23. The summed E-state index contributed by atoms with van der Waals surface area (Å²) in [6.45, 7) is 1.27. The fourth-order valence-electron chi connectivity index (χ4n) is 2.55. The molecule has 0 saturated carbocycles. The van der Waals surface area contributed by atoms with Crippen molar-refractivity contribution in [3.05, 3.63) is 102 Å². The van der Waals surface area contributed by atoms with Crippen molar-refractivity contribution in [1.82, 2.24) is 4.72 Å². The topological polar surface area (TPSA) is 55.4 Å². The lowest BCUT2D eigenvalue weighted by atomic mass is 10.1. The predicted octanol–water partition coefficient (Wildman–Crippen LogP) is 3.88. The van der Waals surface area contributed by atoms with Gasteiger partial charge in [0.25, 0.3) is 0 Å². The average molecular weight is 367 g/mol. The minimum atomic E-state index is -3.51. The minimum Gasteiger partial charge on any atom is -0.372 e. The average Bonchev–Trinajstić information content (AvgIpc) is 2.68. The Bertz CT molecular complexity index is 926. The number of benzene rings is 3. The van der Waals surface area contributed by atoms with E-state index in [0.29, 0.717) is 13.2 Å². The Morgan fingerprint density at radius 3 is 2.00 bits per heavy atom. The molecule has 1 N–H and O–H groups in total. The summed E-state index contributed by atoms with van der Waals surface area (Å²) in [5, 5.41) is 0. The summed E-state index contributed by atoms with van der Waals surface area (Å²) in [5.41, 5.74) is 3.03. The monoisotopic (exact) mass is 367 g/mol. The van der Waals surface area contributed by atoms with E-state index in [0.717, 1.165) is 16.7 Å². The molecule has 3 rings (SSSR count). The summed E-state index contributed by atoms with van der Waals surface area (Å²) in [5.74, 6) is 0. The Hall–Kier alpha value is -2.47. The van der Waals surface area contributed by atoms with Crippen molar-refractivity contribution in [2.24, 2.45) is 0 Å². The summed E-state index contributed by atoms with van der Waals surface area (Å²) in [6, 6.07) is 26.1. The Morgan fingerprint density at radius 1 is 0.692 bits per heavy atom. The van der Waals surface area contributed by atoms with Gasteiger partial charge in [0.05, 0.1) is 18.1 Å². The van der Waals surface area contributed by atoms with Crippen LogP contribution in [-0.2, 0) is 34.5 Å². The molecule has 0 heterocycles. The van der Waals surface area contributed by atoms with Gasteiger partial charge in [-0.05, 0) is 28.8 Å². The summed E-state index contributed by atoms with van der Waals surface area (Å²) < 4.78 is 32.9. The maximum Gasteiger partial charge on any atom is 0.240 e. The lowest BCUT2D eigenvalue weighted by Gasteiger charge is -2.09. The lowest BCUT2D eigenvalue weighted by molar-refractivity contribution is 0.107. The van der Waals surface area contributed by atoms with E-state index in [1.807, 2.05) is 54.6 Å². The van der Waals surface area contributed by atoms with Crippen LogP contribution >= 0.6 is 0 Å².